The first-order valence-electron chi connectivity index (χ1n) is 13.8. The molecule has 0 unspecified atom stereocenters. The van der Waals surface area contributed by atoms with Crippen LogP contribution in [0, 0.1) is 0 Å². The average Bonchev–Trinajstić information content (AvgIpc) is 2.74. The number of hydrazine groups is 1. The lowest BCUT2D eigenvalue weighted by Crippen LogP contribution is -2.38. The number of carbonyl (C=O) groups excluding carboxylic acids is 1. The zero-order valence-corrected chi connectivity index (χ0v) is 21.6. The van der Waals surface area contributed by atoms with Crippen LogP contribution >= 0.6 is 0 Å². The maximum absolute atomic E-state index is 12.0. The number of carbonyl (C=O) groups is 1. The number of amides is 1. The van der Waals surface area contributed by atoms with Crippen molar-refractivity contribution in [3.05, 3.63) is 0 Å². The largest absolute Gasteiger partial charge is 0.309 e. The van der Waals surface area contributed by atoms with Crippen LogP contribution in [0.25, 0.3) is 0 Å². The Morgan fingerprint density at radius 3 is 1.26 bits per heavy atom. The predicted octanol–water partition coefficient (Wildman–Crippen LogP) is 7.46. The summed E-state index contributed by atoms with van der Waals surface area (Å²) in [6.07, 6.45) is 27.7. The highest BCUT2D eigenvalue weighted by atomic mass is 16.2. The molecule has 0 heterocycles. The van der Waals surface area contributed by atoms with Crippen molar-refractivity contribution < 1.29 is 4.79 Å². The standard InChI is InChI=1S/C27H57N3O/c1-4-5-6-7-8-9-10-11-12-13-14-15-16-17-18-19-20-21-22-24-27(31)30(28)26-23-25-29(2)3/h4-26,28H2,1-3H3. The first-order valence-corrected chi connectivity index (χ1v) is 13.8. The van der Waals surface area contributed by atoms with E-state index >= 15 is 0 Å². The molecule has 0 bridgehead atoms. The summed E-state index contributed by atoms with van der Waals surface area (Å²) in [7, 11) is 4.09. The maximum atomic E-state index is 12.0. The molecular formula is C27H57N3O. The van der Waals surface area contributed by atoms with Crippen molar-refractivity contribution in [1.29, 1.82) is 0 Å². The smallest absolute Gasteiger partial charge is 0.236 e. The van der Waals surface area contributed by atoms with Gasteiger partial charge in [0.15, 0.2) is 0 Å². The van der Waals surface area contributed by atoms with Crippen LogP contribution in [0.15, 0.2) is 0 Å². The van der Waals surface area contributed by atoms with Gasteiger partial charge < -0.3 is 4.90 Å². The predicted molar refractivity (Wildman–Crippen MR) is 137 cm³/mol. The van der Waals surface area contributed by atoms with E-state index in [4.69, 9.17) is 5.84 Å². The molecule has 0 aromatic carbocycles. The van der Waals surface area contributed by atoms with E-state index in [1.807, 2.05) is 14.1 Å². The van der Waals surface area contributed by atoms with Crippen LogP contribution in [0.3, 0.4) is 0 Å². The van der Waals surface area contributed by atoms with E-state index < -0.39 is 0 Å². The molecule has 2 N–H and O–H groups in total. The minimum Gasteiger partial charge on any atom is -0.309 e. The molecule has 0 aromatic rings. The molecule has 31 heavy (non-hydrogen) atoms. The zero-order chi connectivity index (χ0) is 23.0. The van der Waals surface area contributed by atoms with Crippen LogP contribution in [-0.4, -0.2) is 43.0 Å². The van der Waals surface area contributed by atoms with Crippen molar-refractivity contribution in [2.75, 3.05) is 27.2 Å². The molecule has 186 valence electrons. The summed E-state index contributed by atoms with van der Waals surface area (Å²) in [5, 5.41) is 1.41. The molecule has 0 atom stereocenters. The Kier molecular flexibility index (Phi) is 23.6. The fourth-order valence-electron chi connectivity index (χ4n) is 4.18. The summed E-state index contributed by atoms with van der Waals surface area (Å²) in [6.45, 7) is 3.92. The summed E-state index contributed by atoms with van der Waals surface area (Å²) >= 11 is 0. The highest BCUT2D eigenvalue weighted by Crippen LogP contribution is 2.15. The molecule has 0 saturated heterocycles. The zero-order valence-electron chi connectivity index (χ0n) is 21.6. The van der Waals surface area contributed by atoms with Crippen molar-refractivity contribution >= 4 is 5.91 Å². The van der Waals surface area contributed by atoms with E-state index in [9.17, 15) is 4.79 Å². The van der Waals surface area contributed by atoms with Crippen LogP contribution in [0.4, 0.5) is 0 Å². The van der Waals surface area contributed by atoms with Gasteiger partial charge in [0.2, 0.25) is 5.91 Å². The van der Waals surface area contributed by atoms with Crippen LogP contribution in [0.1, 0.15) is 142 Å². The molecule has 0 aliphatic heterocycles. The second-order valence-electron chi connectivity index (χ2n) is 9.86. The fourth-order valence-corrected chi connectivity index (χ4v) is 4.18. The van der Waals surface area contributed by atoms with Crippen LogP contribution in [0.5, 0.6) is 0 Å². The Morgan fingerprint density at radius 2 is 0.903 bits per heavy atom. The Balaban J connectivity index is 3.20. The number of rotatable bonds is 24. The summed E-state index contributed by atoms with van der Waals surface area (Å²) in [4.78, 5) is 14.1. The third-order valence-corrected chi connectivity index (χ3v) is 6.32. The van der Waals surface area contributed by atoms with Crippen LogP contribution in [0.2, 0.25) is 0 Å². The number of nitrogens with zero attached hydrogens (tertiary/aromatic N) is 2. The minimum absolute atomic E-state index is 0.103. The van der Waals surface area contributed by atoms with Gasteiger partial charge in [-0.2, -0.15) is 0 Å². The molecule has 1 amide bonds. The highest BCUT2D eigenvalue weighted by molar-refractivity contribution is 5.75. The summed E-state index contributed by atoms with van der Waals surface area (Å²) in [5.41, 5.74) is 0. The molecule has 0 fully saturated rings. The third kappa shape index (κ3) is 23.9. The lowest BCUT2D eigenvalue weighted by Gasteiger charge is -2.18. The molecule has 0 radical (unpaired) electrons. The van der Waals surface area contributed by atoms with E-state index in [0.717, 1.165) is 25.8 Å². The molecule has 0 aliphatic rings. The first-order chi connectivity index (χ1) is 15.1. The van der Waals surface area contributed by atoms with Gasteiger partial charge in [0.1, 0.15) is 0 Å². The van der Waals surface area contributed by atoms with Gasteiger partial charge in [-0.1, -0.05) is 122 Å². The van der Waals surface area contributed by atoms with E-state index in [-0.39, 0.29) is 5.91 Å². The van der Waals surface area contributed by atoms with Crippen molar-refractivity contribution in [2.24, 2.45) is 5.84 Å². The Labute approximate surface area is 195 Å². The quantitative estimate of drug-likeness (QED) is 0.0734. The van der Waals surface area contributed by atoms with Gasteiger partial charge in [-0.25, -0.2) is 5.84 Å². The number of hydrogen-bond donors (Lipinski definition) is 1. The van der Waals surface area contributed by atoms with E-state index in [1.54, 1.807) is 0 Å². The van der Waals surface area contributed by atoms with Gasteiger partial charge in [0, 0.05) is 13.0 Å². The minimum atomic E-state index is 0.103. The van der Waals surface area contributed by atoms with Crippen molar-refractivity contribution in [3.63, 3.8) is 0 Å². The monoisotopic (exact) mass is 439 g/mol. The SMILES string of the molecule is CCCCCCCCCCCCCCCCCCCCCC(=O)N(N)CCCN(C)C. The maximum Gasteiger partial charge on any atom is 0.236 e. The molecule has 0 rings (SSSR count). The van der Waals surface area contributed by atoms with Crippen molar-refractivity contribution in [3.8, 4) is 0 Å². The molecular weight excluding hydrogens is 382 g/mol. The molecule has 0 aliphatic carbocycles. The molecule has 0 aromatic heterocycles. The molecule has 0 spiro atoms. The summed E-state index contributed by atoms with van der Waals surface area (Å²) < 4.78 is 0. The lowest BCUT2D eigenvalue weighted by molar-refractivity contribution is -0.131. The van der Waals surface area contributed by atoms with Gasteiger partial charge >= 0.3 is 0 Å². The number of hydrogen-bond acceptors (Lipinski definition) is 3. The highest BCUT2D eigenvalue weighted by Gasteiger charge is 2.08. The van der Waals surface area contributed by atoms with Gasteiger partial charge in [-0.15, -0.1) is 0 Å². The van der Waals surface area contributed by atoms with Gasteiger partial charge in [0.25, 0.3) is 0 Å². The van der Waals surface area contributed by atoms with E-state index in [2.05, 4.69) is 11.8 Å². The lowest BCUT2D eigenvalue weighted by atomic mass is 10.0. The average molecular weight is 440 g/mol. The second kappa shape index (κ2) is 24.0. The van der Waals surface area contributed by atoms with Crippen LogP contribution in [-0.2, 0) is 4.79 Å². The number of nitrogens with two attached hydrogens (primary N) is 1. The normalized spacial score (nSPS) is 11.4. The Bertz CT molecular complexity index is 373. The van der Waals surface area contributed by atoms with Crippen LogP contribution < -0.4 is 5.84 Å². The van der Waals surface area contributed by atoms with Gasteiger partial charge in [-0.05, 0) is 33.5 Å². The van der Waals surface area contributed by atoms with E-state index in [1.165, 1.54) is 114 Å². The first kappa shape index (κ1) is 30.4. The van der Waals surface area contributed by atoms with Crippen molar-refractivity contribution in [1.82, 2.24) is 9.91 Å². The topological polar surface area (TPSA) is 49.6 Å². The van der Waals surface area contributed by atoms with Crippen molar-refractivity contribution in [2.45, 2.75) is 142 Å². The second-order valence-corrected chi connectivity index (χ2v) is 9.86. The van der Waals surface area contributed by atoms with E-state index in [0.29, 0.717) is 13.0 Å². The Morgan fingerprint density at radius 1 is 0.548 bits per heavy atom. The summed E-state index contributed by atoms with van der Waals surface area (Å²) in [6, 6.07) is 0. The summed E-state index contributed by atoms with van der Waals surface area (Å²) in [5.74, 6) is 5.95. The Hall–Kier alpha value is -0.610. The molecule has 4 heteroatoms. The van der Waals surface area contributed by atoms with Gasteiger partial charge in [0.05, 0.1) is 0 Å². The van der Waals surface area contributed by atoms with Gasteiger partial charge in [-0.3, -0.25) is 9.80 Å². The fraction of sp³-hybridized carbons (Fsp3) is 0.963. The molecule has 0 saturated carbocycles. The number of unbranched alkanes of at least 4 members (excludes halogenated alkanes) is 18. The molecule has 4 nitrogen and oxygen atoms in total. The third-order valence-electron chi connectivity index (χ3n) is 6.32.